The van der Waals surface area contributed by atoms with Gasteiger partial charge in [-0.25, -0.2) is 9.78 Å². The monoisotopic (exact) mass is 345 g/mol. The maximum absolute atomic E-state index is 12.2. The van der Waals surface area contributed by atoms with E-state index in [1.807, 2.05) is 5.38 Å². The van der Waals surface area contributed by atoms with Gasteiger partial charge in [-0.05, 0) is 18.9 Å². The number of nitrogens with zero attached hydrogens (tertiary/aromatic N) is 1. The first-order chi connectivity index (χ1) is 11.3. The zero-order chi connectivity index (χ0) is 17.7. The minimum absolute atomic E-state index is 0.0196. The van der Waals surface area contributed by atoms with Gasteiger partial charge in [-0.2, -0.15) is 0 Å². The molecule has 0 saturated carbocycles. The van der Waals surface area contributed by atoms with Crippen LogP contribution in [0.15, 0.2) is 29.6 Å². The Hall–Kier alpha value is -1.88. The number of nitrogens with one attached hydrogen (secondary N) is 2. The number of hydrogen-bond donors (Lipinski definition) is 2. The summed E-state index contributed by atoms with van der Waals surface area (Å²) in [6.45, 7) is 11.0. The SMILES string of the molecule is CCC(NC(=O)NCc1csc(C(C)(C)C)n1)c1ccc(C)cc1. The number of rotatable bonds is 5. The van der Waals surface area contributed by atoms with Gasteiger partial charge in [0.05, 0.1) is 23.3 Å². The van der Waals surface area contributed by atoms with Crippen LogP contribution in [-0.4, -0.2) is 11.0 Å². The number of aromatic nitrogens is 1. The predicted molar refractivity (Wildman–Crippen MR) is 100 cm³/mol. The summed E-state index contributed by atoms with van der Waals surface area (Å²) in [5.41, 5.74) is 3.30. The first-order valence-corrected chi connectivity index (χ1v) is 9.23. The molecule has 1 unspecified atom stereocenters. The quantitative estimate of drug-likeness (QED) is 0.825. The van der Waals surface area contributed by atoms with Crippen molar-refractivity contribution < 1.29 is 4.79 Å². The lowest BCUT2D eigenvalue weighted by Crippen LogP contribution is -2.37. The smallest absolute Gasteiger partial charge is 0.315 e. The molecule has 5 heteroatoms. The second-order valence-corrected chi connectivity index (χ2v) is 7.95. The Balaban J connectivity index is 1.90. The van der Waals surface area contributed by atoms with Gasteiger partial charge < -0.3 is 10.6 Å². The lowest BCUT2D eigenvalue weighted by atomic mass is 9.98. The number of carbonyl (C=O) groups excluding carboxylic acids is 1. The largest absolute Gasteiger partial charge is 0.332 e. The fourth-order valence-electron chi connectivity index (χ4n) is 2.33. The van der Waals surface area contributed by atoms with Gasteiger partial charge in [0.1, 0.15) is 0 Å². The Morgan fingerprint density at radius 2 is 1.92 bits per heavy atom. The third kappa shape index (κ3) is 5.06. The molecule has 2 amide bonds. The van der Waals surface area contributed by atoms with Crippen LogP contribution in [0, 0.1) is 6.92 Å². The third-order valence-electron chi connectivity index (χ3n) is 3.82. The van der Waals surface area contributed by atoms with E-state index in [1.54, 1.807) is 11.3 Å². The van der Waals surface area contributed by atoms with Crippen LogP contribution in [0.3, 0.4) is 0 Å². The Morgan fingerprint density at radius 1 is 1.25 bits per heavy atom. The molecule has 4 nitrogen and oxygen atoms in total. The second kappa shape index (κ2) is 7.79. The molecule has 0 spiro atoms. The normalized spacial score (nSPS) is 12.7. The number of aryl methyl sites for hydroxylation is 1. The van der Waals surface area contributed by atoms with E-state index in [9.17, 15) is 4.79 Å². The van der Waals surface area contributed by atoms with E-state index in [-0.39, 0.29) is 17.5 Å². The van der Waals surface area contributed by atoms with Gasteiger partial charge in [-0.1, -0.05) is 57.5 Å². The van der Waals surface area contributed by atoms with E-state index in [1.165, 1.54) is 5.56 Å². The van der Waals surface area contributed by atoms with E-state index in [0.29, 0.717) is 6.54 Å². The maximum Gasteiger partial charge on any atom is 0.315 e. The Bertz CT molecular complexity index is 671. The molecule has 0 bridgehead atoms. The van der Waals surface area contributed by atoms with Crippen LogP contribution in [0.2, 0.25) is 0 Å². The molecule has 1 atom stereocenters. The molecule has 2 rings (SSSR count). The minimum atomic E-state index is -0.160. The van der Waals surface area contributed by atoms with Crippen LogP contribution in [0.1, 0.15) is 62.0 Å². The van der Waals surface area contributed by atoms with E-state index >= 15 is 0 Å². The van der Waals surface area contributed by atoms with Crippen LogP contribution < -0.4 is 10.6 Å². The molecule has 0 radical (unpaired) electrons. The first kappa shape index (κ1) is 18.5. The molecule has 24 heavy (non-hydrogen) atoms. The van der Waals surface area contributed by atoms with E-state index in [2.05, 4.69) is 74.5 Å². The minimum Gasteiger partial charge on any atom is -0.332 e. The van der Waals surface area contributed by atoms with Gasteiger partial charge in [0.2, 0.25) is 0 Å². The average molecular weight is 346 g/mol. The average Bonchev–Trinajstić information content (AvgIpc) is 3.01. The summed E-state index contributed by atoms with van der Waals surface area (Å²) in [5.74, 6) is 0. The Kier molecular flexibility index (Phi) is 5.99. The summed E-state index contributed by atoms with van der Waals surface area (Å²) < 4.78 is 0. The number of carbonyl (C=O) groups is 1. The molecular weight excluding hydrogens is 318 g/mol. The predicted octanol–water partition coefficient (Wildman–Crippen LogP) is 4.70. The Morgan fingerprint density at radius 3 is 2.46 bits per heavy atom. The summed E-state index contributed by atoms with van der Waals surface area (Å²) in [4.78, 5) is 16.8. The van der Waals surface area contributed by atoms with Crippen molar-refractivity contribution >= 4 is 17.4 Å². The van der Waals surface area contributed by atoms with Gasteiger partial charge in [0, 0.05) is 10.8 Å². The van der Waals surface area contributed by atoms with Crippen molar-refractivity contribution in [1.29, 1.82) is 0 Å². The zero-order valence-electron chi connectivity index (χ0n) is 15.1. The topological polar surface area (TPSA) is 54.0 Å². The maximum atomic E-state index is 12.2. The van der Waals surface area contributed by atoms with Crippen LogP contribution in [0.4, 0.5) is 4.79 Å². The van der Waals surface area contributed by atoms with Crippen LogP contribution in [0.25, 0.3) is 0 Å². The van der Waals surface area contributed by atoms with E-state index in [0.717, 1.165) is 22.7 Å². The van der Waals surface area contributed by atoms with Gasteiger partial charge in [-0.3, -0.25) is 0 Å². The molecule has 130 valence electrons. The zero-order valence-corrected chi connectivity index (χ0v) is 16.0. The highest BCUT2D eigenvalue weighted by molar-refractivity contribution is 7.09. The third-order valence-corrected chi connectivity index (χ3v) is 5.13. The van der Waals surface area contributed by atoms with Crippen molar-refractivity contribution in [3.63, 3.8) is 0 Å². The van der Waals surface area contributed by atoms with Gasteiger partial charge in [-0.15, -0.1) is 11.3 Å². The molecule has 0 aliphatic heterocycles. The number of thiazole rings is 1. The van der Waals surface area contributed by atoms with Gasteiger partial charge in [0.15, 0.2) is 0 Å². The fourth-order valence-corrected chi connectivity index (χ4v) is 3.24. The van der Waals surface area contributed by atoms with Gasteiger partial charge >= 0.3 is 6.03 Å². The van der Waals surface area contributed by atoms with Crippen molar-refractivity contribution in [2.75, 3.05) is 0 Å². The van der Waals surface area contributed by atoms with Crippen molar-refractivity contribution in [2.45, 2.75) is 59.0 Å². The van der Waals surface area contributed by atoms with Crippen LogP contribution in [-0.2, 0) is 12.0 Å². The standard InChI is InChI=1S/C19H27N3OS/c1-6-16(14-9-7-13(2)8-10-14)22-18(23)20-11-15-12-24-17(21-15)19(3,4)5/h7-10,12,16H,6,11H2,1-5H3,(H2,20,22,23). The summed E-state index contributed by atoms with van der Waals surface area (Å²) in [7, 11) is 0. The summed E-state index contributed by atoms with van der Waals surface area (Å²) in [5, 5.41) is 9.04. The first-order valence-electron chi connectivity index (χ1n) is 8.35. The summed E-state index contributed by atoms with van der Waals surface area (Å²) in [6.07, 6.45) is 0.849. The van der Waals surface area contributed by atoms with Crippen molar-refractivity contribution in [3.05, 3.63) is 51.5 Å². The number of hydrogen-bond acceptors (Lipinski definition) is 3. The Labute approximate surface area is 148 Å². The van der Waals surface area contributed by atoms with Crippen molar-refractivity contribution in [3.8, 4) is 0 Å². The summed E-state index contributed by atoms with van der Waals surface area (Å²) >= 11 is 1.64. The van der Waals surface area contributed by atoms with Crippen molar-refractivity contribution in [2.24, 2.45) is 0 Å². The highest BCUT2D eigenvalue weighted by Gasteiger charge is 2.18. The lowest BCUT2D eigenvalue weighted by Gasteiger charge is -2.18. The second-order valence-electron chi connectivity index (χ2n) is 7.09. The molecule has 2 N–H and O–H groups in total. The molecule has 0 fully saturated rings. The number of urea groups is 1. The molecule has 1 aromatic carbocycles. The molecule has 0 aliphatic carbocycles. The molecule has 2 aromatic rings. The molecular formula is C19H27N3OS. The molecule has 0 saturated heterocycles. The van der Waals surface area contributed by atoms with E-state index < -0.39 is 0 Å². The number of benzene rings is 1. The van der Waals surface area contributed by atoms with Crippen LogP contribution in [0.5, 0.6) is 0 Å². The van der Waals surface area contributed by atoms with Crippen LogP contribution >= 0.6 is 11.3 Å². The fraction of sp³-hybridized carbons (Fsp3) is 0.474. The van der Waals surface area contributed by atoms with Gasteiger partial charge in [0.25, 0.3) is 0 Å². The number of amides is 2. The highest BCUT2D eigenvalue weighted by Crippen LogP contribution is 2.25. The van der Waals surface area contributed by atoms with Crippen molar-refractivity contribution in [1.82, 2.24) is 15.6 Å². The highest BCUT2D eigenvalue weighted by atomic mass is 32.1. The lowest BCUT2D eigenvalue weighted by molar-refractivity contribution is 0.236. The summed E-state index contributed by atoms with van der Waals surface area (Å²) in [6, 6.07) is 8.14. The van der Waals surface area contributed by atoms with E-state index in [4.69, 9.17) is 0 Å². The molecule has 1 aromatic heterocycles. The molecule has 1 heterocycles. The molecule has 0 aliphatic rings.